The van der Waals surface area contributed by atoms with E-state index in [-0.39, 0.29) is 45.0 Å². The van der Waals surface area contributed by atoms with Crippen molar-refractivity contribution in [2.24, 2.45) is 0 Å². The summed E-state index contributed by atoms with van der Waals surface area (Å²) in [5.74, 6) is 0.410. The van der Waals surface area contributed by atoms with E-state index >= 15 is 4.39 Å². The summed E-state index contributed by atoms with van der Waals surface area (Å²) < 4.78 is 49.7. The molecule has 0 saturated carbocycles. The maximum Gasteiger partial charge on any atom is 0.247 e. The molecule has 4 fully saturated rings. The number of ether oxygens (including phenoxy) is 3. The second kappa shape index (κ2) is 24.0. The quantitative estimate of drug-likeness (QED) is 0.0866. The fourth-order valence-electron chi connectivity index (χ4n) is 9.71. The largest absolute Gasteiger partial charge is 0.506 e. The summed E-state index contributed by atoms with van der Waals surface area (Å²) in [5.41, 5.74) is 2.20. The lowest BCUT2D eigenvalue weighted by Gasteiger charge is -2.29. The number of hydrogen-bond acceptors (Lipinski definition) is 16. The lowest BCUT2D eigenvalue weighted by Crippen LogP contribution is -2.30. The summed E-state index contributed by atoms with van der Waals surface area (Å²) in [6, 6.07) is 6.19. The first-order valence-corrected chi connectivity index (χ1v) is 29.0. The van der Waals surface area contributed by atoms with Gasteiger partial charge in [-0.25, -0.2) is 43.1 Å². The van der Waals surface area contributed by atoms with Crippen LogP contribution in [-0.4, -0.2) is 106 Å². The van der Waals surface area contributed by atoms with Crippen molar-refractivity contribution in [3.05, 3.63) is 73.8 Å². The van der Waals surface area contributed by atoms with Gasteiger partial charge >= 0.3 is 0 Å². The second-order valence-corrected chi connectivity index (χ2v) is 21.7. The third-order valence-corrected chi connectivity index (χ3v) is 15.9. The molecule has 6 aromatic heterocycles. The topological polar surface area (TPSA) is 167 Å². The van der Waals surface area contributed by atoms with Crippen LogP contribution in [-0.2, 0) is 9.47 Å². The highest BCUT2D eigenvalue weighted by Crippen LogP contribution is 2.43. The Morgan fingerprint density at radius 3 is 1.60 bits per heavy atom. The first-order valence-electron chi connectivity index (χ1n) is 24.7. The van der Waals surface area contributed by atoms with Gasteiger partial charge in [0.1, 0.15) is 60.4 Å². The number of pyridine rings is 2. The predicted octanol–water partition coefficient (Wildman–Crippen LogP) is 14.3. The Kier molecular flexibility index (Phi) is 17.3. The highest BCUT2D eigenvalue weighted by molar-refractivity contribution is 7.98. The standard InChI is InChI=1S/C25H25Cl2FN6O2S.C13H14Cl2N4S.C12H12ClFN2O2/c1-37-25-31-21-14(23(32-25)33-8-4-2-5-9-33)11-18(26)30-24(21)36-22-15-13-29-34(19-7-3-6-10-35-19)17(15)12-16(28)20(22)27;1-20-13-17-10-8(7-9(14)16-11(10)15)12(18-13)19-5-3-2-4-6-19;13-11-8(14)5-9-7(12(11)17)6-15-16(9)10-3-1-2-4-18-10/h11-13,19H,2-10H2,1H3;7H,2-6H2,1H3;5-6,10,17H,1-4H2. The number of piperidine rings is 2. The number of anilines is 2. The molecular weight excluding hydrogens is 1110 g/mol. The highest BCUT2D eigenvalue weighted by atomic mass is 35.5. The molecule has 1 N–H and O–H groups in total. The zero-order valence-corrected chi connectivity index (χ0v) is 46.3. The van der Waals surface area contributed by atoms with Crippen LogP contribution < -0.4 is 14.5 Å². The van der Waals surface area contributed by atoms with E-state index in [9.17, 15) is 9.50 Å². The van der Waals surface area contributed by atoms with Gasteiger partial charge in [0, 0.05) is 56.9 Å². The number of benzene rings is 2. The van der Waals surface area contributed by atoms with Crippen LogP contribution in [0.15, 0.2) is 47.0 Å². The molecule has 2 atom stereocenters. The molecule has 2 aromatic carbocycles. The Morgan fingerprint density at radius 2 is 1.07 bits per heavy atom. The molecule has 2 unspecified atom stereocenters. The van der Waals surface area contributed by atoms with E-state index in [0.29, 0.717) is 66.7 Å². The van der Waals surface area contributed by atoms with Crippen LogP contribution in [0.25, 0.3) is 43.6 Å². The van der Waals surface area contributed by atoms with Crippen molar-refractivity contribution in [1.82, 2.24) is 49.5 Å². The lowest BCUT2D eigenvalue weighted by molar-refractivity contribution is -0.0368. The third kappa shape index (κ3) is 11.6. The van der Waals surface area contributed by atoms with E-state index in [1.54, 1.807) is 27.7 Å². The van der Waals surface area contributed by atoms with Crippen molar-refractivity contribution in [1.29, 1.82) is 0 Å². The van der Waals surface area contributed by atoms with Crippen LogP contribution >= 0.6 is 81.5 Å². The van der Waals surface area contributed by atoms with Crippen LogP contribution in [0.4, 0.5) is 20.4 Å². The number of phenolic OH excluding ortho intramolecular Hbond substituents is 1. The molecule has 4 aliphatic rings. The molecule has 4 aliphatic heterocycles. The Balaban J connectivity index is 0.000000142. The molecule has 25 heteroatoms. The van der Waals surface area contributed by atoms with Gasteiger partial charge in [-0.15, -0.1) is 0 Å². The fourth-order valence-corrected chi connectivity index (χ4v) is 11.4. The number of rotatable bonds is 8. The summed E-state index contributed by atoms with van der Waals surface area (Å²) in [6.45, 7) is 5.13. The summed E-state index contributed by atoms with van der Waals surface area (Å²) >= 11 is 33.7. The zero-order valence-electron chi connectivity index (χ0n) is 40.8. The van der Waals surface area contributed by atoms with Crippen LogP contribution in [0.2, 0.25) is 25.5 Å². The van der Waals surface area contributed by atoms with E-state index < -0.39 is 11.6 Å². The van der Waals surface area contributed by atoms with Crippen molar-refractivity contribution in [2.45, 2.75) is 99.8 Å². The van der Waals surface area contributed by atoms with Gasteiger partial charge in [0.25, 0.3) is 0 Å². The number of phenols is 1. The molecule has 0 aliphatic carbocycles. The number of thioether (sulfide) groups is 2. The molecule has 16 nitrogen and oxygen atoms in total. The second-order valence-electron chi connectivity index (χ2n) is 18.3. The Hall–Kier alpha value is -4.51. The number of fused-ring (bicyclic) bond motifs is 4. The van der Waals surface area contributed by atoms with Gasteiger partial charge in [0.05, 0.1) is 39.6 Å². The van der Waals surface area contributed by atoms with Crippen LogP contribution in [0.1, 0.15) is 89.5 Å². The van der Waals surface area contributed by atoms with Gasteiger partial charge in [0.2, 0.25) is 5.88 Å². The summed E-state index contributed by atoms with van der Waals surface area (Å²) in [6.07, 6.45) is 19.2. The molecule has 4 saturated heterocycles. The van der Waals surface area contributed by atoms with E-state index in [1.807, 2.05) is 12.5 Å². The smallest absolute Gasteiger partial charge is 0.247 e. The molecule has 75 heavy (non-hydrogen) atoms. The number of aromatic nitrogens is 10. The summed E-state index contributed by atoms with van der Waals surface area (Å²) in [4.78, 5) is 31.6. The van der Waals surface area contributed by atoms with Crippen molar-refractivity contribution >= 4 is 137 Å². The Bertz CT molecular complexity index is 3370. The minimum Gasteiger partial charge on any atom is -0.506 e. The Labute approximate surface area is 464 Å². The number of hydrogen-bond donors (Lipinski definition) is 1. The molecule has 0 spiro atoms. The molecule has 0 amide bonds. The monoisotopic (exact) mass is 1160 g/mol. The minimum atomic E-state index is -0.653. The van der Waals surface area contributed by atoms with Gasteiger partial charge < -0.3 is 29.1 Å². The van der Waals surface area contributed by atoms with Gasteiger partial charge in [0.15, 0.2) is 33.7 Å². The molecule has 0 bridgehead atoms. The van der Waals surface area contributed by atoms with E-state index in [4.69, 9.17) is 82.2 Å². The Morgan fingerprint density at radius 1 is 0.573 bits per heavy atom. The number of halogens is 7. The predicted molar refractivity (Wildman–Crippen MR) is 294 cm³/mol. The summed E-state index contributed by atoms with van der Waals surface area (Å²) in [5, 5.41) is 22.8. The van der Waals surface area contributed by atoms with Crippen LogP contribution in [0.5, 0.6) is 17.4 Å². The van der Waals surface area contributed by atoms with Gasteiger partial charge in [-0.2, -0.15) is 15.2 Å². The van der Waals surface area contributed by atoms with Crippen molar-refractivity contribution in [3.8, 4) is 17.4 Å². The van der Waals surface area contributed by atoms with Crippen LogP contribution in [0.3, 0.4) is 0 Å². The van der Waals surface area contributed by atoms with E-state index in [1.165, 1.54) is 67.5 Å². The molecule has 10 heterocycles. The van der Waals surface area contributed by atoms with Crippen molar-refractivity contribution < 1.29 is 28.1 Å². The fraction of sp³-hybridized carbons (Fsp3) is 0.440. The first kappa shape index (κ1) is 53.9. The molecular formula is C50H51Cl5F2N12O4S2. The van der Waals surface area contributed by atoms with Crippen LogP contribution in [0, 0.1) is 11.6 Å². The average Bonchev–Trinajstić information content (AvgIpc) is 4.07. The molecule has 0 radical (unpaired) electrons. The minimum absolute atomic E-state index is 0.110. The number of nitrogens with zero attached hydrogens (tertiary/aromatic N) is 12. The average molecular weight is 1160 g/mol. The van der Waals surface area contributed by atoms with E-state index in [2.05, 4.69) is 39.9 Å². The molecule has 396 valence electrons. The lowest BCUT2D eigenvalue weighted by atomic mass is 10.1. The number of aromatic hydroxyl groups is 1. The van der Waals surface area contributed by atoms with E-state index in [0.717, 1.165) is 100.0 Å². The first-order chi connectivity index (χ1) is 36.4. The maximum atomic E-state index is 15.1. The summed E-state index contributed by atoms with van der Waals surface area (Å²) in [7, 11) is 0. The third-order valence-electron chi connectivity index (χ3n) is 13.4. The zero-order chi connectivity index (χ0) is 52.3. The van der Waals surface area contributed by atoms with Crippen molar-refractivity contribution in [3.63, 3.8) is 0 Å². The van der Waals surface area contributed by atoms with Gasteiger partial charge in [-0.05, 0) is 102 Å². The maximum absolute atomic E-state index is 15.1. The molecule has 12 rings (SSSR count). The van der Waals surface area contributed by atoms with Gasteiger partial charge in [-0.3, -0.25) is 0 Å². The normalized spacial score (nSPS) is 18.3. The van der Waals surface area contributed by atoms with Gasteiger partial charge in [-0.1, -0.05) is 81.5 Å². The highest BCUT2D eigenvalue weighted by Gasteiger charge is 2.27. The molecule has 8 aromatic rings. The SMILES string of the molecule is CSc1nc(N2CCCCC2)c2cc(Cl)nc(Cl)c2n1.CSc1nc(N2CCCCC2)c2cc(Cl)nc(Oc3c(Cl)c(F)cc4c3cnn4C3CCCCO3)c2n1.Oc1c(Cl)c(F)cc2c1cnn2C1CCCCO1. The van der Waals surface area contributed by atoms with Crippen molar-refractivity contribution in [2.75, 3.05) is 61.7 Å².